The van der Waals surface area contributed by atoms with Crippen LogP contribution in [0.5, 0.6) is 17.2 Å². The third-order valence-electron chi connectivity index (χ3n) is 27.8. The van der Waals surface area contributed by atoms with Gasteiger partial charge in [-0.15, -0.1) is 0 Å². The number of aromatic hydroxyl groups is 2. The quantitative estimate of drug-likeness (QED) is 0.0400. The van der Waals surface area contributed by atoms with Crippen LogP contribution < -0.4 is 31.8 Å². The number of aliphatic hydroxyl groups is 5. The van der Waals surface area contributed by atoms with Gasteiger partial charge in [0.2, 0.25) is 0 Å². The molecular formula is C82H98N4O12. The summed E-state index contributed by atoms with van der Waals surface area (Å²) in [6.45, 7) is 7.59. The summed E-state index contributed by atoms with van der Waals surface area (Å²) >= 11 is 0. The third kappa shape index (κ3) is 9.69. The number of ether oxygens (including phenoxy) is 2. The van der Waals surface area contributed by atoms with Gasteiger partial charge in [-0.05, 0) is 206 Å². The molecule has 0 saturated heterocycles. The average molecular weight is 1330 g/mol. The first-order valence-corrected chi connectivity index (χ1v) is 37.2. The highest BCUT2D eigenvalue weighted by molar-refractivity contribution is 5.93. The van der Waals surface area contributed by atoms with Crippen LogP contribution in [0.1, 0.15) is 205 Å². The van der Waals surface area contributed by atoms with Crippen LogP contribution in [-0.2, 0) is 34.4 Å². The van der Waals surface area contributed by atoms with E-state index in [4.69, 9.17) is 19.6 Å². The van der Waals surface area contributed by atoms with Crippen molar-refractivity contribution < 1.29 is 54.4 Å². The van der Waals surface area contributed by atoms with Gasteiger partial charge in [0, 0.05) is 71.5 Å². The number of nitrogens with one attached hydrogen (secondary N) is 3. The first kappa shape index (κ1) is 64.5. The van der Waals surface area contributed by atoms with E-state index in [0.29, 0.717) is 81.1 Å². The number of phenols is 2. The van der Waals surface area contributed by atoms with E-state index in [9.17, 15) is 35.7 Å². The highest BCUT2D eigenvalue weighted by atomic mass is 16.6. The largest absolute Gasteiger partial charge is 0.508 e. The van der Waals surface area contributed by atoms with Crippen molar-refractivity contribution in [3.63, 3.8) is 0 Å². The Morgan fingerprint density at radius 3 is 2.55 bits per heavy atom. The summed E-state index contributed by atoms with van der Waals surface area (Å²) < 4.78 is 22.3. The van der Waals surface area contributed by atoms with Crippen LogP contribution >= 0.6 is 0 Å². The molecule has 6 heterocycles. The molecule has 4 fully saturated rings. The van der Waals surface area contributed by atoms with Gasteiger partial charge < -0.3 is 66.0 Å². The number of dihydropyridines is 2. The number of hydrogen-bond donors (Lipinski definition) is 11. The highest BCUT2D eigenvalue weighted by Gasteiger charge is 2.66. The summed E-state index contributed by atoms with van der Waals surface area (Å²) in [5.74, 6) is -3.16. The molecule has 1 aromatic heterocycles. The average Bonchev–Trinajstić information content (AvgIpc) is 1.39. The van der Waals surface area contributed by atoms with Crippen molar-refractivity contribution in [1.29, 1.82) is 0 Å². The lowest BCUT2D eigenvalue weighted by molar-refractivity contribution is -0.173. The molecule has 1 unspecified atom stereocenters. The number of nitrogens with two attached hydrogens (primary N) is 1. The van der Waals surface area contributed by atoms with Gasteiger partial charge in [-0.3, -0.25) is 10.1 Å². The van der Waals surface area contributed by atoms with E-state index >= 15 is 9.59 Å². The second kappa shape index (κ2) is 23.9. The molecule has 98 heavy (non-hydrogen) atoms. The Kier molecular flexibility index (Phi) is 15.7. The van der Waals surface area contributed by atoms with E-state index in [1.807, 2.05) is 12.1 Å². The van der Waals surface area contributed by atoms with Crippen molar-refractivity contribution >= 4 is 16.9 Å². The molecule has 4 saturated carbocycles. The monoisotopic (exact) mass is 1330 g/mol. The minimum absolute atomic E-state index is 0.0111. The van der Waals surface area contributed by atoms with E-state index in [2.05, 4.69) is 85.4 Å². The van der Waals surface area contributed by atoms with Crippen molar-refractivity contribution in [3.05, 3.63) is 179 Å². The van der Waals surface area contributed by atoms with Gasteiger partial charge in [-0.1, -0.05) is 113 Å². The van der Waals surface area contributed by atoms with E-state index in [1.165, 1.54) is 49.3 Å². The van der Waals surface area contributed by atoms with Crippen LogP contribution in [0, 0.1) is 52.8 Å². The normalized spacial score (nSPS) is 36.1. The number of allylic oxidation sites excluding steroid dienone is 7. The van der Waals surface area contributed by atoms with Crippen molar-refractivity contribution in [1.82, 2.24) is 16.0 Å². The summed E-state index contributed by atoms with van der Waals surface area (Å²) in [4.78, 5) is 31.6. The smallest absolute Gasteiger partial charge is 0.337 e. The Morgan fingerprint density at radius 2 is 1.77 bits per heavy atom. The lowest BCUT2D eigenvalue weighted by Crippen LogP contribution is -2.60. The first-order chi connectivity index (χ1) is 47.3. The lowest BCUT2D eigenvalue weighted by atomic mass is 9.54. The molecule has 4 aromatic rings. The van der Waals surface area contributed by atoms with Crippen molar-refractivity contribution in [2.45, 2.75) is 221 Å². The fourth-order valence-electron chi connectivity index (χ4n) is 23.6. The molecule has 18 rings (SSSR count). The molecule has 0 amide bonds. The highest BCUT2D eigenvalue weighted by Crippen LogP contribution is 2.69. The zero-order valence-electron chi connectivity index (χ0n) is 57.1. The van der Waals surface area contributed by atoms with Gasteiger partial charge >= 0.3 is 5.97 Å². The van der Waals surface area contributed by atoms with Crippen molar-refractivity contribution in [2.24, 2.45) is 58.5 Å². The van der Waals surface area contributed by atoms with E-state index in [-0.39, 0.29) is 94.0 Å². The van der Waals surface area contributed by atoms with Gasteiger partial charge in [0.25, 0.3) is 0 Å². The maximum atomic E-state index is 16.5. The second-order valence-electron chi connectivity index (χ2n) is 32.7. The number of hydrogen-bond acceptors (Lipinski definition) is 16. The number of carbonyl (C=O) groups is 1. The summed E-state index contributed by atoms with van der Waals surface area (Å²) in [5, 5.41) is 97.7. The SMILES string of the molecule is C/C=C(\C(=O)O[C@@H]1Cc2c3c(c4oc(CO)cc(=O)c4c2O)[C@H]2C4=CCNC(N)=C4[C@@H]([C@@H]4CCC5=C6C=C[C@@H](C)NC6NC=C5C[C@H]4[C@]1(C)O3)C1(CCCC1)Cc1ccc(O)cc1[C@H]2CO)[C@@]1(O)C[C@@H]2c3cccc4c3[C@]3(C=C[C@@H]2[C@@H]1C3)C[C@H](C[C@H](O)C[C@H](C)C1CCCCC1)[C@@H]4O. The Balaban J connectivity index is 0.830. The van der Waals surface area contributed by atoms with Crippen LogP contribution in [-0.4, -0.2) is 90.5 Å². The number of carbonyl (C=O) groups excluding carboxylic acids is 1. The minimum atomic E-state index is -1.68. The molecular weight excluding hydrogens is 1230 g/mol. The van der Waals surface area contributed by atoms with Gasteiger partial charge in [0.05, 0.1) is 24.4 Å². The van der Waals surface area contributed by atoms with Gasteiger partial charge in [0.1, 0.15) is 69.9 Å². The van der Waals surface area contributed by atoms with Crippen LogP contribution in [0.2, 0.25) is 0 Å². The predicted molar refractivity (Wildman–Crippen MR) is 372 cm³/mol. The van der Waals surface area contributed by atoms with Crippen LogP contribution in [0.4, 0.5) is 0 Å². The molecule has 518 valence electrons. The second-order valence-corrected chi connectivity index (χ2v) is 32.7. The van der Waals surface area contributed by atoms with Crippen LogP contribution in [0.25, 0.3) is 11.0 Å². The van der Waals surface area contributed by atoms with Gasteiger partial charge in [0.15, 0.2) is 5.43 Å². The third-order valence-corrected chi connectivity index (χ3v) is 27.8. The molecule has 3 aromatic carbocycles. The maximum absolute atomic E-state index is 16.5. The molecule has 2 spiro atoms. The standard InChI is InChI=1S/C82H98N4O12/c1-5-61(82(95)36-59-51-22-26-81(37-63(51)82)35-45(72(92)56-15-11-14-52(59)70(56)81)29-48(90)28-41(2)43-12-7-6-8-13-43)78(94)97-65-33-58-73(93)68-64(91)32-49(39-87)96-75(68)69-66-55-23-27-84-76(83)67(55)71(80(24-9-10-25-80)34-44-17-18-47(89)31-57(44)60(66)40-88)54-21-20-50-46(30-62(54)79(65,4)98-74(58)69)38-85-77-53(50)19-16-42(3)86-77/h5,11,14-19,22-23,26,31-32,38,41-43,45,48,51,54,59-60,62-63,65-66,71-72,77,84-90,92-93,95H,6-10,12-13,20-21,24-25,27-30,33-37,39-40,83H2,1-4H3/b61-5+/t41-,42+,45-,48+,51-,54+,59-,60+,62+,63-,65+,66-,71+,72-,77?,79-,81+,82-/m0/s1. The number of phenolic OH excluding ortho intramolecular Hbond substituents is 2. The summed E-state index contributed by atoms with van der Waals surface area (Å²) in [6, 6.07) is 13.1. The van der Waals surface area contributed by atoms with Crippen LogP contribution in [0.3, 0.4) is 0 Å². The zero-order chi connectivity index (χ0) is 67.6. The Bertz CT molecular complexity index is 4260. The Morgan fingerprint density at radius 1 is 0.959 bits per heavy atom. The molecule has 9 aliphatic carbocycles. The molecule has 16 nitrogen and oxygen atoms in total. The minimum Gasteiger partial charge on any atom is -0.508 e. The fraction of sp³-hybridized carbons (Fsp3) is 0.561. The number of aliphatic hydroxyl groups excluding tert-OH is 4. The predicted octanol–water partition coefficient (Wildman–Crippen LogP) is 11.4. The molecule has 0 radical (unpaired) electrons. The molecule has 16 heteroatoms. The number of fused-ring (bicyclic) bond motifs is 11. The van der Waals surface area contributed by atoms with Gasteiger partial charge in [-0.25, -0.2) is 4.79 Å². The number of benzene rings is 3. The number of esters is 1. The van der Waals surface area contributed by atoms with E-state index < -0.39 is 94.4 Å². The summed E-state index contributed by atoms with van der Waals surface area (Å²) in [5.41, 5.74) is 13.7. The van der Waals surface area contributed by atoms with E-state index in [0.717, 1.165) is 70.2 Å². The fourth-order valence-corrected chi connectivity index (χ4v) is 23.6. The summed E-state index contributed by atoms with van der Waals surface area (Å²) in [7, 11) is 0. The first-order valence-electron chi connectivity index (χ1n) is 37.2. The molecule has 12 N–H and O–H groups in total. The lowest BCUT2D eigenvalue weighted by Gasteiger charge is -2.55. The van der Waals surface area contributed by atoms with Crippen molar-refractivity contribution in [2.75, 3.05) is 13.2 Å². The topological polar surface area (TPSA) is 269 Å². The maximum Gasteiger partial charge on any atom is 0.337 e. The number of rotatable bonds is 10. The van der Waals surface area contributed by atoms with Gasteiger partial charge in [-0.2, -0.15) is 0 Å². The summed E-state index contributed by atoms with van der Waals surface area (Å²) in [6.07, 6.45) is 27.1. The Hall–Kier alpha value is -6.92. The van der Waals surface area contributed by atoms with E-state index in [1.54, 1.807) is 25.1 Å². The van der Waals surface area contributed by atoms with Crippen molar-refractivity contribution in [3.8, 4) is 17.2 Å². The molecule has 14 aliphatic rings. The molecule has 5 aliphatic heterocycles. The Labute approximate surface area is 573 Å². The molecule has 8 bridgehead atoms. The molecule has 18 atom stereocenters. The van der Waals surface area contributed by atoms with Crippen LogP contribution in [0.15, 0.2) is 134 Å². The zero-order valence-corrected chi connectivity index (χ0v) is 57.1.